The molecule has 1 fully saturated rings. The molecule has 1 heterocycles. The molecule has 0 aliphatic carbocycles. The Morgan fingerprint density at radius 1 is 1.09 bits per heavy atom. The summed E-state index contributed by atoms with van der Waals surface area (Å²) >= 11 is 0. The van der Waals surface area contributed by atoms with Crippen molar-refractivity contribution in [2.45, 2.75) is 18.9 Å². The number of quaternary nitrogens is 1. The van der Waals surface area contributed by atoms with E-state index in [1.807, 2.05) is 17.4 Å². The summed E-state index contributed by atoms with van der Waals surface area (Å²) in [6.45, 7) is 0.635. The minimum Gasteiger partial charge on any atom is -0.335 e. The second kappa shape index (κ2) is 6.71. The number of rotatable bonds is 5. The van der Waals surface area contributed by atoms with Gasteiger partial charge in [-0.2, -0.15) is 0 Å². The molecular formula is C18H18FN2O2+. The van der Waals surface area contributed by atoms with Crippen LogP contribution < -0.4 is 10.2 Å². The first kappa shape index (κ1) is 15.4. The highest BCUT2D eigenvalue weighted by molar-refractivity contribution is 6.21. The zero-order valence-corrected chi connectivity index (χ0v) is 12.6. The summed E-state index contributed by atoms with van der Waals surface area (Å²) in [6, 6.07) is 15.0. The molecule has 0 radical (unpaired) electrons. The average Bonchev–Trinajstić information content (AvgIpc) is 2.82. The Hall–Kier alpha value is -2.53. The van der Waals surface area contributed by atoms with Gasteiger partial charge in [0.15, 0.2) is 6.04 Å². The maximum absolute atomic E-state index is 13.1. The molecule has 0 saturated carbocycles. The summed E-state index contributed by atoms with van der Waals surface area (Å²) in [5.74, 6) is -0.612. The molecule has 3 rings (SSSR count). The van der Waals surface area contributed by atoms with E-state index in [0.29, 0.717) is 18.7 Å². The molecule has 4 nitrogen and oxygen atoms in total. The van der Waals surface area contributed by atoms with Crippen LogP contribution in [0.1, 0.15) is 12.0 Å². The minimum atomic E-state index is -0.392. The van der Waals surface area contributed by atoms with Crippen LogP contribution in [0.3, 0.4) is 0 Å². The molecule has 0 bridgehead atoms. The van der Waals surface area contributed by atoms with Crippen LogP contribution in [0.2, 0.25) is 0 Å². The van der Waals surface area contributed by atoms with Crippen molar-refractivity contribution in [1.82, 2.24) is 0 Å². The average molecular weight is 313 g/mol. The van der Waals surface area contributed by atoms with E-state index in [2.05, 4.69) is 0 Å². The molecule has 23 heavy (non-hydrogen) atoms. The molecule has 1 atom stereocenters. The number of nitrogens with zero attached hydrogens (tertiary/aromatic N) is 1. The van der Waals surface area contributed by atoms with Crippen molar-refractivity contribution in [3.8, 4) is 0 Å². The van der Waals surface area contributed by atoms with Gasteiger partial charge in [0.1, 0.15) is 5.82 Å². The highest BCUT2D eigenvalue weighted by Crippen LogP contribution is 2.20. The van der Waals surface area contributed by atoms with E-state index in [-0.39, 0.29) is 24.1 Å². The molecule has 2 N–H and O–H groups in total. The largest absolute Gasteiger partial charge is 0.335 e. The zero-order chi connectivity index (χ0) is 16.2. The number of para-hydroxylation sites is 1. The lowest BCUT2D eigenvalue weighted by Gasteiger charge is -2.13. The molecule has 0 unspecified atom stereocenters. The van der Waals surface area contributed by atoms with Gasteiger partial charge in [-0.05, 0) is 29.8 Å². The summed E-state index contributed by atoms with van der Waals surface area (Å²) < 4.78 is 13.1. The van der Waals surface area contributed by atoms with Gasteiger partial charge in [-0.15, -0.1) is 0 Å². The fourth-order valence-electron chi connectivity index (χ4n) is 2.83. The van der Waals surface area contributed by atoms with Crippen LogP contribution >= 0.6 is 0 Å². The van der Waals surface area contributed by atoms with E-state index in [0.717, 1.165) is 5.56 Å². The minimum absolute atomic E-state index is 0.173. The van der Waals surface area contributed by atoms with Gasteiger partial charge in [0, 0.05) is 6.42 Å². The number of nitrogens with two attached hydrogens (primary N) is 1. The van der Waals surface area contributed by atoms with E-state index >= 15 is 0 Å². The molecule has 1 aliphatic rings. The number of amides is 2. The van der Waals surface area contributed by atoms with Gasteiger partial charge in [0.25, 0.3) is 5.91 Å². The maximum atomic E-state index is 13.1. The Bertz CT molecular complexity index is 718. The zero-order valence-electron chi connectivity index (χ0n) is 12.6. The highest BCUT2D eigenvalue weighted by Gasteiger charge is 2.41. The van der Waals surface area contributed by atoms with Crippen molar-refractivity contribution in [1.29, 1.82) is 0 Å². The number of carbonyl (C=O) groups excluding carboxylic acids is 2. The molecule has 118 valence electrons. The van der Waals surface area contributed by atoms with Crippen molar-refractivity contribution in [3.05, 3.63) is 66.0 Å². The number of hydrogen-bond acceptors (Lipinski definition) is 2. The van der Waals surface area contributed by atoms with Crippen LogP contribution in [0, 0.1) is 5.82 Å². The molecule has 2 aromatic rings. The first-order valence-electron chi connectivity index (χ1n) is 7.65. The molecular weight excluding hydrogens is 295 g/mol. The van der Waals surface area contributed by atoms with Crippen molar-refractivity contribution >= 4 is 17.5 Å². The molecule has 2 amide bonds. The van der Waals surface area contributed by atoms with Gasteiger partial charge in [-0.25, -0.2) is 9.29 Å². The lowest BCUT2D eigenvalue weighted by molar-refractivity contribution is -0.674. The van der Waals surface area contributed by atoms with Crippen molar-refractivity contribution in [2.24, 2.45) is 0 Å². The number of hydrogen-bond donors (Lipinski definition) is 1. The van der Waals surface area contributed by atoms with Crippen molar-refractivity contribution in [2.75, 3.05) is 11.4 Å². The molecule has 2 aromatic carbocycles. The lowest BCUT2D eigenvalue weighted by atomic mass is 10.1. The monoisotopic (exact) mass is 313 g/mol. The number of imide groups is 1. The van der Waals surface area contributed by atoms with Gasteiger partial charge in [0.2, 0.25) is 5.91 Å². The quantitative estimate of drug-likeness (QED) is 0.845. The van der Waals surface area contributed by atoms with Crippen LogP contribution in [0.15, 0.2) is 54.6 Å². The second-order valence-corrected chi connectivity index (χ2v) is 5.62. The third-order valence-electron chi connectivity index (χ3n) is 3.97. The summed E-state index contributed by atoms with van der Waals surface area (Å²) in [7, 11) is 0. The Labute approximate surface area is 133 Å². The second-order valence-electron chi connectivity index (χ2n) is 5.62. The molecule has 0 spiro atoms. The molecule has 5 heteroatoms. The van der Waals surface area contributed by atoms with Crippen LogP contribution in [0.4, 0.5) is 10.1 Å². The Balaban J connectivity index is 1.59. The topological polar surface area (TPSA) is 54.0 Å². The van der Waals surface area contributed by atoms with Gasteiger partial charge in [0.05, 0.1) is 18.7 Å². The van der Waals surface area contributed by atoms with Gasteiger partial charge in [-0.3, -0.25) is 9.59 Å². The fraction of sp³-hybridized carbons (Fsp3) is 0.222. The Morgan fingerprint density at radius 3 is 2.61 bits per heavy atom. The van der Waals surface area contributed by atoms with Gasteiger partial charge >= 0.3 is 0 Å². The molecule has 1 saturated heterocycles. The smallest absolute Gasteiger partial charge is 0.292 e. The first-order valence-corrected chi connectivity index (χ1v) is 7.65. The predicted octanol–water partition coefficient (Wildman–Crippen LogP) is 1.26. The van der Waals surface area contributed by atoms with E-state index in [1.165, 1.54) is 17.0 Å². The summed E-state index contributed by atoms with van der Waals surface area (Å²) in [6.07, 6.45) is 0.859. The van der Waals surface area contributed by atoms with E-state index in [1.54, 1.807) is 30.3 Å². The van der Waals surface area contributed by atoms with Gasteiger partial charge in [-0.1, -0.05) is 30.3 Å². The van der Waals surface area contributed by atoms with E-state index in [9.17, 15) is 14.0 Å². The lowest BCUT2D eigenvalue weighted by Crippen LogP contribution is -2.92. The first-order chi connectivity index (χ1) is 11.1. The van der Waals surface area contributed by atoms with Crippen LogP contribution in [0.25, 0.3) is 0 Å². The van der Waals surface area contributed by atoms with Crippen LogP contribution in [-0.4, -0.2) is 24.4 Å². The van der Waals surface area contributed by atoms with Crippen LogP contribution in [0.5, 0.6) is 0 Å². The summed E-state index contributed by atoms with van der Waals surface area (Å²) in [5.41, 5.74) is 1.50. The normalized spacial score (nSPS) is 17.8. The van der Waals surface area contributed by atoms with Crippen molar-refractivity contribution < 1.29 is 19.3 Å². The summed E-state index contributed by atoms with van der Waals surface area (Å²) in [4.78, 5) is 25.8. The number of anilines is 1. The van der Waals surface area contributed by atoms with E-state index < -0.39 is 6.04 Å². The van der Waals surface area contributed by atoms with E-state index in [4.69, 9.17) is 0 Å². The van der Waals surface area contributed by atoms with Crippen molar-refractivity contribution in [3.63, 3.8) is 0 Å². The standard InChI is InChI=1S/C18H17FN2O2/c19-14-6-4-5-13(11-14)9-10-20-16-12-17(22)21(18(16)23)15-7-2-1-3-8-15/h1-8,11,16,20H,9-10,12H2/p+1/t16-/m1/s1. The number of benzene rings is 2. The molecule has 0 aromatic heterocycles. The third kappa shape index (κ3) is 3.46. The third-order valence-corrected chi connectivity index (χ3v) is 3.97. The fourth-order valence-corrected chi connectivity index (χ4v) is 2.83. The Morgan fingerprint density at radius 2 is 1.87 bits per heavy atom. The number of halogens is 1. The highest BCUT2D eigenvalue weighted by atomic mass is 19.1. The van der Waals surface area contributed by atoms with Crippen LogP contribution in [-0.2, 0) is 16.0 Å². The molecule has 1 aliphatic heterocycles. The summed E-state index contributed by atoms with van der Waals surface area (Å²) in [5, 5.41) is 1.87. The number of carbonyl (C=O) groups is 2. The Kier molecular flexibility index (Phi) is 4.48. The predicted molar refractivity (Wildman–Crippen MR) is 84.2 cm³/mol. The van der Waals surface area contributed by atoms with Gasteiger partial charge < -0.3 is 5.32 Å². The maximum Gasteiger partial charge on any atom is 0.292 e. The SMILES string of the molecule is O=C1C[C@@H]([NH2+]CCc2cccc(F)c2)C(=O)N1c1ccccc1.